The number of nitrogens with zero attached hydrogens (tertiary/aromatic N) is 2. The molecule has 0 aliphatic rings. The first-order valence-electron chi connectivity index (χ1n) is 6.60. The number of aromatic nitrogens is 2. The lowest BCUT2D eigenvalue weighted by Crippen LogP contribution is -2.27. The molecule has 5 heteroatoms. The number of ether oxygens (including phenoxy) is 1. The maximum absolute atomic E-state index is 5.45. The largest absolute Gasteiger partial charge is 0.493 e. The predicted molar refractivity (Wildman–Crippen MR) is 78.5 cm³/mol. The number of aryl methyl sites for hydroxylation is 1. The molecule has 1 unspecified atom stereocenters. The van der Waals surface area contributed by atoms with Crippen LogP contribution in [0.25, 0.3) is 0 Å². The summed E-state index contributed by atoms with van der Waals surface area (Å²) in [6.07, 6.45) is 6.17. The lowest BCUT2D eigenvalue weighted by molar-refractivity contribution is 0.395. The third-order valence-electron chi connectivity index (χ3n) is 2.80. The summed E-state index contributed by atoms with van der Waals surface area (Å²) in [5, 5.41) is 8.01. The number of rotatable bonds is 9. The molecule has 1 aromatic rings. The molecule has 1 heterocycles. The van der Waals surface area contributed by atoms with E-state index in [2.05, 4.69) is 35.2 Å². The summed E-state index contributed by atoms with van der Waals surface area (Å²) in [6, 6.07) is 0.309. The van der Waals surface area contributed by atoms with Crippen LogP contribution in [0.2, 0.25) is 0 Å². The average Bonchev–Trinajstić information content (AvgIpc) is 2.78. The van der Waals surface area contributed by atoms with Crippen LogP contribution in [0, 0.1) is 0 Å². The van der Waals surface area contributed by atoms with E-state index >= 15 is 0 Å². The van der Waals surface area contributed by atoms with Gasteiger partial charge in [0, 0.05) is 12.3 Å². The van der Waals surface area contributed by atoms with E-state index in [9.17, 15) is 0 Å². The Labute approximate surface area is 114 Å². The van der Waals surface area contributed by atoms with E-state index in [1.165, 1.54) is 5.69 Å². The Balaban J connectivity index is 2.94. The van der Waals surface area contributed by atoms with E-state index in [0.29, 0.717) is 6.04 Å². The third kappa shape index (κ3) is 3.92. The van der Waals surface area contributed by atoms with E-state index in [4.69, 9.17) is 4.74 Å². The molecule has 1 atom stereocenters. The van der Waals surface area contributed by atoms with Gasteiger partial charge in [0.15, 0.2) is 5.75 Å². The smallest absolute Gasteiger partial charge is 0.161 e. The highest BCUT2D eigenvalue weighted by atomic mass is 32.2. The minimum Gasteiger partial charge on any atom is -0.493 e. The van der Waals surface area contributed by atoms with Crippen LogP contribution in [0.15, 0.2) is 6.20 Å². The van der Waals surface area contributed by atoms with Crippen LogP contribution in [0.3, 0.4) is 0 Å². The molecular formula is C13H25N3OS. The van der Waals surface area contributed by atoms with Gasteiger partial charge in [-0.2, -0.15) is 16.9 Å². The van der Waals surface area contributed by atoms with Crippen molar-refractivity contribution >= 4 is 11.8 Å². The second-order valence-electron chi connectivity index (χ2n) is 4.28. The standard InChI is InChI=1S/C13H25N3OS/c1-5-7-14-11(10-18-4)13-12(17-3)9-15-16(13)8-6-2/h9,11,14H,5-8,10H2,1-4H3. The highest BCUT2D eigenvalue weighted by molar-refractivity contribution is 7.98. The second kappa shape index (κ2) is 8.43. The highest BCUT2D eigenvalue weighted by Gasteiger charge is 2.20. The fourth-order valence-corrected chi connectivity index (χ4v) is 2.61. The molecule has 0 saturated heterocycles. The molecule has 0 amide bonds. The fraction of sp³-hybridized carbons (Fsp3) is 0.769. The number of hydrogen-bond donors (Lipinski definition) is 1. The van der Waals surface area contributed by atoms with Crippen molar-refractivity contribution in [2.75, 3.05) is 25.7 Å². The van der Waals surface area contributed by atoms with Crippen molar-refractivity contribution in [3.63, 3.8) is 0 Å². The Morgan fingerprint density at radius 3 is 2.78 bits per heavy atom. The van der Waals surface area contributed by atoms with Crippen LogP contribution in [-0.2, 0) is 6.54 Å². The van der Waals surface area contributed by atoms with Crippen LogP contribution < -0.4 is 10.1 Å². The summed E-state index contributed by atoms with van der Waals surface area (Å²) >= 11 is 1.85. The molecule has 0 aromatic carbocycles. The van der Waals surface area contributed by atoms with Gasteiger partial charge in [0.2, 0.25) is 0 Å². The maximum atomic E-state index is 5.45. The number of hydrogen-bond acceptors (Lipinski definition) is 4. The summed E-state index contributed by atoms with van der Waals surface area (Å²) in [5.74, 6) is 1.93. The van der Waals surface area contributed by atoms with Gasteiger partial charge in [0.05, 0.1) is 25.0 Å². The van der Waals surface area contributed by atoms with Gasteiger partial charge in [0.1, 0.15) is 0 Å². The highest BCUT2D eigenvalue weighted by Crippen LogP contribution is 2.27. The molecule has 0 radical (unpaired) electrons. The Morgan fingerprint density at radius 1 is 1.44 bits per heavy atom. The van der Waals surface area contributed by atoms with E-state index in [0.717, 1.165) is 37.4 Å². The molecule has 1 aromatic heterocycles. The lowest BCUT2D eigenvalue weighted by atomic mass is 10.2. The summed E-state index contributed by atoms with van der Waals surface area (Å²) in [5.41, 5.74) is 1.18. The zero-order valence-corrected chi connectivity index (χ0v) is 12.7. The Bertz CT molecular complexity index is 341. The average molecular weight is 271 g/mol. The first kappa shape index (κ1) is 15.4. The summed E-state index contributed by atoms with van der Waals surface area (Å²) in [4.78, 5) is 0. The van der Waals surface area contributed by atoms with Gasteiger partial charge in [-0.15, -0.1) is 0 Å². The molecule has 104 valence electrons. The SMILES string of the molecule is CCCNC(CSC)c1c(OC)cnn1CCC. The van der Waals surface area contributed by atoms with Crippen LogP contribution in [0.4, 0.5) is 0 Å². The quantitative estimate of drug-likeness (QED) is 0.749. The summed E-state index contributed by atoms with van der Waals surface area (Å²) < 4.78 is 7.52. The number of thioether (sulfide) groups is 1. The van der Waals surface area contributed by atoms with Crippen LogP contribution >= 0.6 is 11.8 Å². The van der Waals surface area contributed by atoms with E-state index in [1.807, 2.05) is 18.0 Å². The van der Waals surface area contributed by atoms with Gasteiger partial charge < -0.3 is 10.1 Å². The molecule has 4 nitrogen and oxygen atoms in total. The molecule has 0 aliphatic heterocycles. The van der Waals surface area contributed by atoms with E-state index in [-0.39, 0.29) is 0 Å². The van der Waals surface area contributed by atoms with E-state index in [1.54, 1.807) is 7.11 Å². The summed E-state index contributed by atoms with van der Waals surface area (Å²) in [6.45, 7) is 6.31. The molecular weight excluding hydrogens is 246 g/mol. The molecule has 1 rings (SSSR count). The van der Waals surface area contributed by atoms with E-state index < -0.39 is 0 Å². The van der Waals surface area contributed by atoms with Crippen LogP contribution in [0.5, 0.6) is 5.75 Å². The van der Waals surface area contributed by atoms with Crippen molar-refractivity contribution in [3.8, 4) is 5.75 Å². The van der Waals surface area contributed by atoms with Gasteiger partial charge >= 0.3 is 0 Å². The first-order chi connectivity index (χ1) is 8.78. The molecule has 1 N–H and O–H groups in total. The maximum Gasteiger partial charge on any atom is 0.161 e. The van der Waals surface area contributed by atoms with Crippen molar-refractivity contribution in [1.29, 1.82) is 0 Å². The van der Waals surface area contributed by atoms with Crippen molar-refractivity contribution in [3.05, 3.63) is 11.9 Å². The molecule has 0 aliphatic carbocycles. The zero-order valence-electron chi connectivity index (χ0n) is 11.9. The number of nitrogens with one attached hydrogen (secondary N) is 1. The predicted octanol–water partition coefficient (Wildman–Crippen LogP) is 2.71. The Morgan fingerprint density at radius 2 is 2.22 bits per heavy atom. The monoisotopic (exact) mass is 271 g/mol. The molecule has 0 saturated carbocycles. The first-order valence-corrected chi connectivity index (χ1v) is 7.99. The van der Waals surface area contributed by atoms with Crippen molar-refractivity contribution in [1.82, 2.24) is 15.1 Å². The van der Waals surface area contributed by atoms with Gasteiger partial charge in [-0.05, 0) is 25.6 Å². The fourth-order valence-electron chi connectivity index (χ4n) is 2.00. The van der Waals surface area contributed by atoms with Gasteiger partial charge in [-0.3, -0.25) is 4.68 Å². The van der Waals surface area contributed by atoms with Crippen molar-refractivity contribution in [2.45, 2.75) is 39.3 Å². The van der Waals surface area contributed by atoms with Crippen molar-refractivity contribution < 1.29 is 4.74 Å². The molecule has 0 bridgehead atoms. The van der Waals surface area contributed by atoms with Crippen LogP contribution in [-0.4, -0.2) is 35.4 Å². The third-order valence-corrected chi connectivity index (χ3v) is 3.47. The Kier molecular flexibility index (Phi) is 7.20. The van der Waals surface area contributed by atoms with Crippen LogP contribution in [0.1, 0.15) is 38.4 Å². The van der Waals surface area contributed by atoms with Crippen molar-refractivity contribution in [2.24, 2.45) is 0 Å². The second-order valence-corrected chi connectivity index (χ2v) is 5.19. The summed E-state index contributed by atoms with van der Waals surface area (Å²) in [7, 11) is 1.72. The minimum absolute atomic E-state index is 0.309. The minimum atomic E-state index is 0.309. The van der Waals surface area contributed by atoms with Gasteiger partial charge in [-0.25, -0.2) is 0 Å². The topological polar surface area (TPSA) is 39.1 Å². The lowest BCUT2D eigenvalue weighted by Gasteiger charge is -2.20. The molecule has 18 heavy (non-hydrogen) atoms. The zero-order chi connectivity index (χ0) is 13.4. The molecule has 0 spiro atoms. The normalized spacial score (nSPS) is 12.7. The van der Waals surface area contributed by atoms with Gasteiger partial charge in [-0.1, -0.05) is 13.8 Å². The Hall–Kier alpha value is -0.680. The van der Waals surface area contributed by atoms with Gasteiger partial charge in [0.25, 0.3) is 0 Å². The molecule has 0 fully saturated rings. The number of methoxy groups -OCH3 is 1.